The number of para-hydroxylation sites is 1. The number of halogens is 1. The summed E-state index contributed by atoms with van der Waals surface area (Å²) in [6, 6.07) is 21.7. The van der Waals surface area contributed by atoms with Gasteiger partial charge in [0, 0.05) is 22.4 Å². The second-order valence-electron chi connectivity index (χ2n) is 9.84. The molecule has 0 saturated carbocycles. The largest absolute Gasteiger partial charge is 0.493 e. The molecule has 39 heavy (non-hydrogen) atoms. The maximum Gasteiger partial charge on any atom is 0.348 e. The number of aromatic nitrogens is 2. The summed E-state index contributed by atoms with van der Waals surface area (Å²) < 4.78 is 13.5. The summed E-state index contributed by atoms with van der Waals surface area (Å²) in [5, 5.41) is 0.819. The Balaban J connectivity index is 1.71. The molecule has 0 atom stereocenters. The van der Waals surface area contributed by atoms with E-state index in [1.54, 1.807) is 4.57 Å². The molecule has 5 nitrogen and oxygen atoms in total. The van der Waals surface area contributed by atoms with Gasteiger partial charge in [-0.15, -0.1) is 18.0 Å². The number of hydrogen-bond donors (Lipinski definition) is 0. The monoisotopic (exact) mass is 542 g/mol. The Bertz CT molecular complexity index is 1490. The second-order valence-corrected chi connectivity index (χ2v) is 10.2. The van der Waals surface area contributed by atoms with Crippen molar-refractivity contribution in [1.29, 1.82) is 0 Å². The Morgan fingerprint density at radius 2 is 1.74 bits per heavy atom. The van der Waals surface area contributed by atoms with Gasteiger partial charge in [0.05, 0.1) is 24.4 Å². The molecule has 6 heteroatoms. The highest BCUT2D eigenvalue weighted by atomic mass is 35.5. The average Bonchev–Trinajstić information content (AvgIpc) is 2.95. The van der Waals surface area contributed by atoms with Crippen molar-refractivity contribution in [3.05, 3.63) is 88.3 Å². The first kappa shape index (κ1) is 28.3. The van der Waals surface area contributed by atoms with Crippen LogP contribution < -0.4 is 15.2 Å². The molecule has 4 aromatic rings. The van der Waals surface area contributed by atoms with Gasteiger partial charge < -0.3 is 9.47 Å². The van der Waals surface area contributed by atoms with Crippen molar-refractivity contribution in [3.63, 3.8) is 0 Å². The lowest BCUT2D eigenvalue weighted by molar-refractivity contribution is 0.301. The van der Waals surface area contributed by atoms with Crippen molar-refractivity contribution in [2.75, 3.05) is 19.1 Å². The van der Waals surface area contributed by atoms with Crippen LogP contribution in [0.3, 0.4) is 0 Å². The Morgan fingerprint density at radius 1 is 0.974 bits per heavy atom. The highest BCUT2D eigenvalue weighted by Gasteiger charge is 2.16. The highest BCUT2D eigenvalue weighted by Crippen LogP contribution is 2.31. The van der Waals surface area contributed by atoms with Crippen LogP contribution in [0.4, 0.5) is 0 Å². The molecule has 0 radical (unpaired) electrons. The van der Waals surface area contributed by atoms with E-state index in [1.807, 2.05) is 54.6 Å². The number of terminal acetylenes is 1. The number of ether oxygens (including phenoxy) is 2. The van der Waals surface area contributed by atoms with E-state index >= 15 is 0 Å². The number of benzene rings is 3. The van der Waals surface area contributed by atoms with E-state index in [9.17, 15) is 4.79 Å². The molecule has 0 fully saturated rings. The van der Waals surface area contributed by atoms with Crippen LogP contribution in [0, 0.1) is 12.3 Å². The van der Waals surface area contributed by atoms with Crippen LogP contribution in [0.25, 0.3) is 22.2 Å². The van der Waals surface area contributed by atoms with Gasteiger partial charge in [0.25, 0.3) is 0 Å². The molecule has 3 aromatic carbocycles. The van der Waals surface area contributed by atoms with Crippen molar-refractivity contribution >= 4 is 22.5 Å². The number of unbranched alkanes of at least 4 members (excludes halogenated alkanes) is 3. The van der Waals surface area contributed by atoms with Gasteiger partial charge in [0.2, 0.25) is 0 Å². The van der Waals surface area contributed by atoms with Crippen molar-refractivity contribution in [3.8, 4) is 35.1 Å². The van der Waals surface area contributed by atoms with Crippen molar-refractivity contribution in [1.82, 2.24) is 9.55 Å². The maximum absolute atomic E-state index is 13.5. The summed E-state index contributed by atoms with van der Waals surface area (Å²) in [4.78, 5) is 18.0. The fraction of sp³-hybridized carbons (Fsp3) is 0.333. The van der Waals surface area contributed by atoms with E-state index in [2.05, 4.69) is 36.9 Å². The summed E-state index contributed by atoms with van der Waals surface area (Å²) in [5.41, 5.74) is 4.09. The van der Waals surface area contributed by atoms with Gasteiger partial charge in [-0.25, -0.2) is 4.79 Å². The van der Waals surface area contributed by atoms with Gasteiger partial charge in [-0.2, -0.15) is 4.98 Å². The molecule has 0 amide bonds. The Morgan fingerprint density at radius 3 is 2.49 bits per heavy atom. The Hall–Kier alpha value is -3.75. The zero-order valence-corrected chi connectivity index (χ0v) is 23.4. The van der Waals surface area contributed by atoms with Gasteiger partial charge in [0.15, 0.2) is 0 Å². The third kappa shape index (κ3) is 7.22. The van der Waals surface area contributed by atoms with E-state index in [-0.39, 0.29) is 12.3 Å². The molecule has 0 bridgehead atoms. The van der Waals surface area contributed by atoms with E-state index in [4.69, 9.17) is 27.5 Å². The molecule has 1 heterocycles. The summed E-state index contributed by atoms with van der Waals surface area (Å²) in [7, 11) is 0. The fourth-order valence-corrected chi connectivity index (χ4v) is 4.74. The second kappa shape index (κ2) is 13.9. The zero-order chi connectivity index (χ0) is 27.6. The van der Waals surface area contributed by atoms with Crippen LogP contribution in [0.1, 0.15) is 56.6 Å². The molecule has 0 spiro atoms. The van der Waals surface area contributed by atoms with E-state index in [0.717, 1.165) is 53.5 Å². The third-order valence-electron chi connectivity index (χ3n) is 6.71. The Labute approximate surface area is 235 Å². The zero-order valence-electron chi connectivity index (χ0n) is 22.7. The van der Waals surface area contributed by atoms with Crippen molar-refractivity contribution < 1.29 is 9.47 Å². The molecular formula is C33H35ClN2O3. The quantitative estimate of drug-likeness (QED) is 0.100. The van der Waals surface area contributed by atoms with Crippen LogP contribution >= 0.6 is 11.6 Å². The van der Waals surface area contributed by atoms with Gasteiger partial charge in [-0.3, -0.25) is 4.57 Å². The Kier molecular flexibility index (Phi) is 10.1. The van der Waals surface area contributed by atoms with Crippen LogP contribution in [0.15, 0.2) is 71.5 Å². The van der Waals surface area contributed by atoms with E-state index in [0.29, 0.717) is 36.4 Å². The highest BCUT2D eigenvalue weighted by molar-refractivity contribution is 6.17. The summed E-state index contributed by atoms with van der Waals surface area (Å²) >= 11 is 5.78. The SMILES string of the molecule is C#CCOc1ccc2c(c1)c(-c1ccc(C(C)C)cc1)nc(=O)n2Cc1ccccc1OCCCCCCCl. The minimum Gasteiger partial charge on any atom is -0.493 e. The van der Waals surface area contributed by atoms with Crippen LogP contribution in [0.2, 0.25) is 0 Å². The maximum atomic E-state index is 13.5. The average molecular weight is 543 g/mol. The predicted octanol–water partition coefficient (Wildman–Crippen LogP) is 7.43. The van der Waals surface area contributed by atoms with E-state index in [1.165, 1.54) is 5.56 Å². The molecule has 0 aliphatic heterocycles. The van der Waals surface area contributed by atoms with Crippen molar-refractivity contribution in [2.24, 2.45) is 0 Å². The molecule has 0 N–H and O–H groups in total. The third-order valence-corrected chi connectivity index (χ3v) is 6.98. The minimum atomic E-state index is -0.321. The molecule has 0 aliphatic rings. The fourth-order valence-electron chi connectivity index (χ4n) is 4.55. The van der Waals surface area contributed by atoms with Gasteiger partial charge >= 0.3 is 5.69 Å². The number of rotatable bonds is 13. The molecule has 202 valence electrons. The first-order valence-corrected chi connectivity index (χ1v) is 14.0. The van der Waals surface area contributed by atoms with Crippen molar-refractivity contribution in [2.45, 2.75) is 52.0 Å². The standard InChI is InChI=1S/C33H35ClN2O3/c1-4-20-38-28-17-18-30-29(22-28)32(26-15-13-25(14-16-26)24(2)3)35-33(37)36(30)23-27-11-7-8-12-31(27)39-21-10-6-5-9-19-34/h1,7-8,11-18,22,24H,5-6,9-10,19-21,23H2,2-3H3. The normalized spacial score (nSPS) is 11.1. The molecule has 0 saturated heterocycles. The summed E-state index contributed by atoms with van der Waals surface area (Å²) in [6.07, 6.45) is 9.56. The number of hydrogen-bond acceptors (Lipinski definition) is 4. The molecule has 0 aliphatic carbocycles. The lowest BCUT2D eigenvalue weighted by atomic mass is 9.99. The lowest BCUT2D eigenvalue weighted by Crippen LogP contribution is -2.25. The summed E-state index contributed by atoms with van der Waals surface area (Å²) in [5.74, 6) is 5.01. The van der Waals surface area contributed by atoms with Crippen LogP contribution in [0.5, 0.6) is 11.5 Å². The number of alkyl halides is 1. The minimum absolute atomic E-state index is 0.160. The number of fused-ring (bicyclic) bond motifs is 1. The molecule has 1 aromatic heterocycles. The molecule has 0 unspecified atom stereocenters. The van der Waals surface area contributed by atoms with Gasteiger partial charge in [-0.1, -0.05) is 75.1 Å². The van der Waals surface area contributed by atoms with Gasteiger partial charge in [0.1, 0.15) is 18.1 Å². The first-order valence-electron chi connectivity index (χ1n) is 13.5. The lowest BCUT2D eigenvalue weighted by Gasteiger charge is -2.16. The first-order chi connectivity index (χ1) is 19.0. The van der Waals surface area contributed by atoms with Gasteiger partial charge in [-0.05, 0) is 48.6 Å². The van der Waals surface area contributed by atoms with Crippen LogP contribution in [-0.2, 0) is 6.54 Å². The molecular weight excluding hydrogens is 508 g/mol. The smallest absolute Gasteiger partial charge is 0.348 e. The number of nitrogens with zero attached hydrogens (tertiary/aromatic N) is 2. The summed E-state index contributed by atoms with van der Waals surface area (Å²) in [6.45, 7) is 5.42. The molecule has 4 rings (SSSR count). The predicted molar refractivity (Wildman–Crippen MR) is 160 cm³/mol. The topological polar surface area (TPSA) is 53.3 Å². The van der Waals surface area contributed by atoms with E-state index < -0.39 is 0 Å². The van der Waals surface area contributed by atoms with Crippen LogP contribution in [-0.4, -0.2) is 28.6 Å².